The van der Waals surface area contributed by atoms with Gasteiger partial charge in [-0.3, -0.25) is 10.1 Å². The van der Waals surface area contributed by atoms with Crippen molar-refractivity contribution in [2.24, 2.45) is 0 Å². The van der Waals surface area contributed by atoms with Gasteiger partial charge in [-0.25, -0.2) is 19.7 Å². The number of pyridine rings is 2. The summed E-state index contributed by atoms with van der Waals surface area (Å²) in [5, 5.41) is 3.60. The molecule has 2 aromatic carbocycles. The highest BCUT2D eigenvalue weighted by Gasteiger charge is 2.29. The number of aromatic nitrogens is 3. The van der Waals surface area contributed by atoms with Gasteiger partial charge in [-0.2, -0.15) is 0 Å². The first-order chi connectivity index (χ1) is 25.1. The van der Waals surface area contributed by atoms with E-state index in [2.05, 4.69) is 40.1 Å². The summed E-state index contributed by atoms with van der Waals surface area (Å²) >= 11 is 1.46. The Morgan fingerprint density at radius 1 is 0.923 bits per heavy atom. The van der Waals surface area contributed by atoms with Crippen LogP contribution in [0.4, 0.5) is 16.8 Å². The Kier molecular flexibility index (Phi) is 10.3. The number of para-hydroxylation sites is 1. The van der Waals surface area contributed by atoms with Crippen LogP contribution in [0.1, 0.15) is 103 Å². The van der Waals surface area contributed by atoms with E-state index in [0.717, 1.165) is 63.1 Å². The average Bonchev–Trinajstić information content (AvgIpc) is 3.52. The van der Waals surface area contributed by atoms with Crippen LogP contribution in [0, 0.1) is 6.92 Å². The van der Waals surface area contributed by atoms with Crippen molar-refractivity contribution in [3.8, 4) is 11.1 Å². The molecule has 9 nitrogen and oxygen atoms in total. The van der Waals surface area contributed by atoms with Gasteiger partial charge in [-0.1, -0.05) is 67.7 Å². The summed E-state index contributed by atoms with van der Waals surface area (Å²) in [6.45, 7) is 8.88. The van der Waals surface area contributed by atoms with Gasteiger partial charge < -0.3 is 14.5 Å². The molecule has 1 fully saturated rings. The fraction of sp³-hybridized carbons (Fsp3) is 0.405. The van der Waals surface area contributed by atoms with E-state index in [-0.39, 0.29) is 11.6 Å². The quantitative estimate of drug-likeness (QED) is 0.166. The zero-order valence-corrected chi connectivity index (χ0v) is 31.7. The summed E-state index contributed by atoms with van der Waals surface area (Å²) in [7, 11) is 2.16. The molecule has 1 amide bonds. The number of nitrogens with one attached hydrogen (secondary N) is 1. The predicted octanol–water partition coefficient (Wildman–Crippen LogP) is 9.38. The third-order valence-electron chi connectivity index (χ3n) is 10.3. The topological polar surface area (TPSA) is 101 Å². The number of esters is 1. The molecule has 0 unspecified atom stereocenters. The van der Waals surface area contributed by atoms with Gasteiger partial charge in [-0.05, 0) is 106 Å². The Hall–Kier alpha value is -4.83. The second kappa shape index (κ2) is 15.0. The smallest absolute Gasteiger partial charge is 0.358 e. The molecule has 2 aliphatic rings. The molecule has 3 aromatic heterocycles. The highest BCUT2D eigenvalue weighted by atomic mass is 32.1. The van der Waals surface area contributed by atoms with E-state index in [0.29, 0.717) is 35.6 Å². The summed E-state index contributed by atoms with van der Waals surface area (Å²) in [5.41, 5.74) is 5.78. The Morgan fingerprint density at radius 2 is 1.69 bits per heavy atom. The summed E-state index contributed by atoms with van der Waals surface area (Å²) < 4.78 is 6.97. The van der Waals surface area contributed by atoms with E-state index in [1.54, 1.807) is 0 Å². The third kappa shape index (κ3) is 7.67. The molecule has 0 bridgehead atoms. The van der Waals surface area contributed by atoms with Crippen LogP contribution in [0.2, 0.25) is 0 Å². The molecular weight excluding hydrogens is 669 g/mol. The number of ether oxygens (including phenoxy) is 1. The van der Waals surface area contributed by atoms with Crippen molar-refractivity contribution < 1.29 is 14.3 Å². The summed E-state index contributed by atoms with van der Waals surface area (Å²) in [5.74, 6) is 0.939. The number of fused-ring (bicyclic) bond motifs is 2. The maximum atomic E-state index is 13.9. The fourth-order valence-corrected chi connectivity index (χ4v) is 8.43. The van der Waals surface area contributed by atoms with Gasteiger partial charge in [0.1, 0.15) is 17.2 Å². The third-order valence-corrected chi connectivity index (χ3v) is 11.2. The second-order valence-corrected chi connectivity index (χ2v) is 16.1. The molecule has 1 saturated carbocycles. The fourth-order valence-electron chi connectivity index (χ4n) is 7.57. The van der Waals surface area contributed by atoms with Crippen molar-refractivity contribution in [3.63, 3.8) is 0 Å². The molecule has 1 aliphatic heterocycles. The molecule has 0 radical (unpaired) electrons. The molecule has 270 valence electrons. The SMILES string of the molecule is Cc1c(-c2ccc(N3CCc4cccc(C(=O)Nc5nc6ccccc6s5)c4C3)nc2C(=O)OC(C)(C)C)ccnc1N(C)C1CCCCCCC1. The molecule has 0 atom stereocenters. The zero-order chi connectivity index (χ0) is 36.4. The van der Waals surface area contributed by atoms with E-state index in [1.807, 2.05) is 81.6 Å². The highest BCUT2D eigenvalue weighted by molar-refractivity contribution is 7.22. The van der Waals surface area contributed by atoms with E-state index < -0.39 is 11.6 Å². The number of rotatable bonds is 7. The Balaban J connectivity index is 1.20. The molecular formula is C42H48N6O3S. The monoisotopic (exact) mass is 716 g/mol. The molecule has 10 heteroatoms. The summed E-state index contributed by atoms with van der Waals surface area (Å²) in [6.07, 6.45) is 11.3. The van der Waals surface area contributed by atoms with Crippen LogP contribution < -0.4 is 15.1 Å². The van der Waals surface area contributed by atoms with Crippen molar-refractivity contribution in [1.82, 2.24) is 15.0 Å². The minimum Gasteiger partial charge on any atom is -0.455 e. The Bertz CT molecular complexity index is 2060. The van der Waals surface area contributed by atoms with Gasteiger partial charge in [0.05, 0.1) is 10.2 Å². The maximum Gasteiger partial charge on any atom is 0.358 e. The predicted molar refractivity (Wildman–Crippen MR) is 211 cm³/mol. The van der Waals surface area contributed by atoms with Crippen molar-refractivity contribution in [1.29, 1.82) is 0 Å². The van der Waals surface area contributed by atoms with Gasteiger partial charge >= 0.3 is 5.97 Å². The number of carbonyl (C=O) groups is 2. The van der Waals surface area contributed by atoms with E-state index >= 15 is 0 Å². The molecule has 0 spiro atoms. The number of nitrogens with zero attached hydrogens (tertiary/aromatic N) is 5. The lowest BCUT2D eigenvalue weighted by Gasteiger charge is -2.32. The van der Waals surface area contributed by atoms with Crippen LogP contribution in [0.3, 0.4) is 0 Å². The molecule has 1 N–H and O–H groups in total. The molecule has 4 heterocycles. The van der Waals surface area contributed by atoms with Crippen LogP contribution in [-0.2, 0) is 17.7 Å². The van der Waals surface area contributed by atoms with Gasteiger partial charge in [0.15, 0.2) is 10.8 Å². The largest absolute Gasteiger partial charge is 0.455 e. The van der Waals surface area contributed by atoms with Gasteiger partial charge in [-0.15, -0.1) is 0 Å². The Morgan fingerprint density at radius 3 is 2.46 bits per heavy atom. The van der Waals surface area contributed by atoms with Crippen LogP contribution in [-0.4, -0.2) is 52.1 Å². The van der Waals surface area contributed by atoms with Crippen LogP contribution in [0.15, 0.2) is 66.9 Å². The standard InChI is InChI=1S/C42H48N6O3S/c1-27-30(22-24-43-38(27)47(5)29-15-9-7-6-8-10-16-29)31-20-21-36(45-37(31)40(50)51-42(2,3)4)48-25-23-28-14-13-17-32(33(28)26-48)39(49)46-41-44-34-18-11-12-19-35(34)52-41/h11-14,17-22,24,29H,6-10,15-16,23,25-26H2,1-5H3,(H,44,46,49). The number of benzene rings is 2. The van der Waals surface area contributed by atoms with Crippen LogP contribution >= 0.6 is 11.3 Å². The molecule has 1 aliphatic carbocycles. The normalized spacial score (nSPS) is 15.4. The van der Waals surface area contributed by atoms with Crippen molar-refractivity contribution in [2.75, 3.05) is 28.7 Å². The highest BCUT2D eigenvalue weighted by Crippen LogP contribution is 2.36. The molecule has 0 saturated heterocycles. The summed E-state index contributed by atoms with van der Waals surface area (Å²) in [4.78, 5) is 46.6. The number of hydrogen-bond acceptors (Lipinski definition) is 9. The van der Waals surface area contributed by atoms with Crippen molar-refractivity contribution >= 4 is 50.2 Å². The van der Waals surface area contributed by atoms with Crippen LogP contribution in [0.25, 0.3) is 21.3 Å². The lowest BCUT2D eigenvalue weighted by Crippen LogP contribution is -2.34. The number of anilines is 3. The van der Waals surface area contributed by atoms with E-state index in [4.69, 9.17) is 14.7 Å². The minimum atomic E-state index is -0.696. The average molecular weight is 717 g/mol. The summed E-state index contributed by atoms with van der Waals surface area (Å²) in [6, 6.07) is 20.1. The van der Waals surface area contributed by atoms with Crippen molar-refractivity contribution in [2.45, 2.75) is 97.2 Å². The van der Waals surface area contributed by atoms with Gasteiger partial charge in [0.25, 0.3) is 5.91 Å². The first-order valence-electron chi connectivity index (χ1n) is 18.5. The molecule has 5 aromatic rings. The van der Waals surface area contributed by atoms with Gasteiger partial charge in [0, 0.05) is 43.5 Å². The number of thiazole rings is 1. The Labute approximate surface area is 310 Å². The van der Waals surface area contributed by atoms with E-state index in [9.17, 15) is 9.59 Å². The minimum absolute atomic E-state index is 0.191. The zero-order valence-electron chi connectivity index (χ0n) is 30.9. The molecule has 7 rings (SSSR count). The van der Waals surface area contributed by atoms with Gasteiger partial charge in [0.2, 0.25) is 0 Å². The lowest BCUT2D eigenvalue weighted by atomic mass is 9.94. The first kappa shape index (κ1) is 35.6. The number of amides is 1. The first-order valence-corrected chi connectivity index (χ1v) is 19.3. The van der Waals surface area contributed by atoms with Crippen molar-refractivity contribution in [3.05, 3.63) is 94.8 Å². The lowest BCUT2D eigenvalue weighted by molar-refractivity contribution is 0.00638. The maximum absolute atomic E-state index is 13.9. The molecule has 52 heavy (non-hydrogen) atoms. The second-order valence-electron chi connectivity index (χ2n) is 15.0. The number of carbonyl (C=O) groups excluding carboxylic acids is 2. The van der Waals surface area contributed by atoms with Crippen LogP contribution in [0.5, 0.6) is 0 Å². The number of hydrogen-bond donors (Lipinski definition) is 1. The van der Waals surface area contributed by atoms with E-state index in [1.165, 1.54) is 43.4 Å².